The van der Waals surface area contributed by atoms with Crippen LogP contribution in [0.4, 0.5) is 0 Å². The maximum atomic E-state index is 5.24. The average Bonchev–Trinajstić information content (AvgIpc) is 2.06. The molecule has 0 aliphatic carbocycles. The summed E-state index contributed by atoms with van der Waals surface area (Å²) in [5, 5.41) is 0. The molecule has 0 heterocycles. The van der Waals surface area contributed by atoms with Gasteiger partial charge in [0.05, 0.1) is 13.2 Å². The highest BCUT2D eigenvalue weighted by atomic mass is 16.7. The van der Waals surface area contributed by atoms with Crippen LogP contribution in [-0.4, -0.2) is 33.2 Å². The zero-order chi connectivity index (χ0) is 9.23. The third kappa shape index (κ3) is 7.98. The molecule has 3 heteroatoms. The normalized spacial score (nSPS) is 13.2. The number of unbranched alkanes of at least 4 members (excludes halogenated alkanes) is 1. The molecule has 73 valence electrons. The molecule has 0 saturated heterocycles. The van der Waals surface area contributed by atoms with Crippen LogP contribution in [0, 0.1) is 6.92 Å². The van der Waals surface area contributed by atoms with Crippen molar-refractivity contribution in [3.8, 4) is 0 Å². The third-order valence-electron chi connectivity index (χ3n) is 1.39. The number of methoxy groups -OCH3 is 1. The fraction of sp³-hybridized carbons (Fsp3) is 0.889. The molecule has 12 heavy (non-hydrogen) atoms. The van der Waals surface area contributed by atoms with Gasteiger partial charge in [-0.1, -0.05) is 13.3 Å². The molecule has 0 amide bonds. The first-order valence-electron chi connectivity index (χ1n) is 4.36. The van der Waals surface area contributed by atoms with Crippen molar-refractivity contribution in [1.82, 2.24) is 0 Å². The van der Waals surface area contributed by atoms with Crippen molar-refractivity contribution in [3.05, 3.63) is 6.92 Å². The molecule has 1 unspecified atom stereocenters. The number of hydrogen-bond donors (Lipinski definition) is 0. The van der Waals surface area contributed by atoms with E-state index in [4.69, 9.17) is 14.2 Å². The number of ether oxygens (including phenoxy) is 3. The second kappa shape index (κ2) is 8.97. The predicted octanol–water partition coefficient (Wildman–Crippen LogP) is 1.63. The van der Waals surface area contributed by atoms with Crippen molar-refractivity contribution in [3.63, 3.8) is 0 Å². The van der Waals surface area contributed by atoms with Gasteiger partial charge in [0.1, 0.15) is 0 Å². The van der Waals surface area contributed by atoms with E-state index < -0.39 is 0 Å². The summed E-state index contributed by atoms with van der Waals surface area (Å²) in [5.74, 6) is 0. The third-order valence-corrected chi connectivity index (χ3v) is 1.39. The summed E-state index contributed by atoms with van der Waals surface area (Å²) in [6.45, 7) is 7.64. The van der Waals surface area contributed by atoms with Gasteiger partial charge in [-0.2, -0.15) is 0 Å². The van der Waals surface area contributed by atoms with Gasteiger partial charge in [-0.05, 0) is 6.42 Å². The highest BCUT2D eigenvalue weighted by Gasteiger charge is 1.99. The number of hydrogen-bond acceptors (Lipinski definition) is 3. The largest absolute Gasteiger partial charge is 0.382 e. The monoisotopic (exact) mass is 175 g/mol. The van der Waals surface area contributed by atoms with E-state index in [0.717, 1.165) is 19.4 Å². The first-order chi connectivity index (χ1) is 5.81. The molecule has 0 N–H and O–H groups in total. The Kier molecular flexibility index (Phi) is 8.88. The van der Waals surface area contributed by atoms with E-state index in [1.807, 2.05) is 0 Å². The molecule has 0 rings (SSSR count). The van der Waals surface area contributed by atoms with E-state index in [9.17, 15) is 0 Å². The van der Waals surface area contributed by atoms with Gasteiger partial charge < -0.3 is 14.2 Å². The first-order valence-corrected chi connectivity index (χ1v) is 4.36. The van der Waals surface area contributed by atoms with E-state index in [1.165, 1.54) is 0 Å². The Morgan fingerprint density at radius 3 is 2.42 bits per heavy atom. The van der Waals surface area contributed by atoms with Gasteiger partial charge in [-0.25, -0.2) is 0 Å². The van der Waals surface area contributed by atoms with Crippen LogP contribution in [0.25, 0.3) is 0 Å². The van der Waals surface area contributed by atoms with Gasteiger partial charge in [0.25, 0.3) is 0 Å². The lowest BCUT2D eigenvalue weighted by molar-refractivity contribution is -0.122. The van der Waals surface area contributed by atoms with Crippen LogP contribution in [0.15, 0.2) is 0 Å². The fourth-order valence-electron chi connectivity index (χ4n) is 0.670. The Hall–Kier alpha value is -0.120. The van der Waals surface area contributed by atoms with E-state index in [1.54, 1.807) is 7.11 Å². The van der Waals surface area contributed by atoms with E-state index in [-0.39, 0.29) is 6.29 Å². The Labute approximate surface area is 75.0 Å². The molecule has 0 aromatic heterocycles. The quantitative estimate of drug-likeness (QED) is 0.414. The molecule has 0 bridgehead atoms. The van der Waals surface area contributed by atoms with Crippen molar-refractivity contribution >= 4 is 0 Å². The highest BCUT2D eigenvalue weighted by Crippen LogP contribution is 1.95. The lowest BCUT2D eigenvalue weighted by Gasteiger charge is -2.12. The molecule has 1 radical (unpaired) electrons. The summed E-state index contributed by atoms with van der Waals surface area (Å²) < 4.78 is 15.2. The average molecular weight is 175 g/mol. The Balaban J connectivity index is 3.04. The second-order valence-electron chi connectivity index (χ2n) is 2.52. The number of rotatable bonds is 8. The standard InChI is InChI=1S/C9H19O3/c1-4-5-6-11-9(2)12-8-7-10-3/h9H,2,4-8H2,1,3H3. The topological polar surface area (TPSA) is 27.7 Å². The maximum absolute atomic E-state index is 5.24. The Morgan fingerprint density at radius 1 is 1.17 bits per heavy atom. The van der Waals surface area contributed by atoms with Crippen molar-refractivity contribution in [2.75, 3.05) is 26.9 Å². The maximum Gasteiger partial charge on any atom is 0.157 e. The molecule has 0 spiro atoms. The van der Waals surface area contributed by atoms with Crippen molar-refractivity contribution < 1.29 is 14.2 Å². The molecule has 0 aromatic carbocycles. The van der Waals surface area contributed by atoms with Crippen LogP contribution in [-0.2, 0) is 14.2 Å². The minimum absolute atomic E-state index is 0.355. The Morgan fingerprint density at radius 2 is 1.83 bits per heavy atom. The van der Waals surface area contributed by atoms with Crippen LogP contribution in [0.2, 0.25) is 0 Å². The van der Waals surface area contributed by atoms with Crippen LogP contribution < -0.4 is 0 Å². The van der Waals surface area contributed by atoms with Gasteiger partial charge in [0.2, 0.25) is 0 Å². The van der Waals surface area contributed by atoms with E-state index in [2.05, 4.69) is 13.8 Å². The van der Waals surface area contributed by atoms with Crippen LogP contribution in [0.5, 0.6) is 0 Å². The van der Waals surface area contributed by atoms with Gasteiger partial charge in [-0.3, -0.25) is 0 Å². The van der Waals surface area contributed by atoms with Crippen LogP contribution >= 0.6 is 0 Å². The molecular formula is C9H19O3. The lowest BCUT2D eigenvalue weighted by Crippen LogP contribution is -2.16. The molecular weight excluding hydrogens is 156 g/mol. The lowest BCUT2D eigenvalue weighted by atomic mass is 10.4. The molecule has 3 nitrogen and oxygen atoms in total. The van der Waals surface area contributed by atoms with Crippen molar-refractivity contribution in [2.24, 2.45) is 0 Å². The van der Waals surface area contributed by atoms with Gasteiger partial charge in [0, 0.05) is 20.6 Å². The molecule has 0 fully saturated rings. The molecule has 0 aromatic rings. The molecule has 0 aliphatic heterocycles. The minimum atomic E-state index is -0.355. The summed E-state index contributed by atoms with van der Waals surface area (Å²) >= 11 is 0. The summed E-state index contributed by atoms with van der Waals surface area (Å²) in [5.41, 5.74) is 0. The second-order valence-corrected chi connectivity index (χ2v) is 2.52. The van der Waals surface area contributed by atoms with Gasteiger partial charge in [0.15, 0.2) is 6.29 Å². The van der Waals surface area contributed by atoms with Crippen molar-refractivity contribution in [2.45, 2.75) is 26.1 Å². The van der Waals surface area contributed by atoms with Crippen molar-refractivity contribution in [1.29, 1.82) is 0 Å². The SMILES string of the molecule is [CH2]C(OCCCC)OCCOC. The zero-order valence-electron chi connectivity index (χ0n) is 8.04. The van der Waals surface area contributed by atoms with E-state index >= 15 is 0 Å². The van der Waals surface area contributed by atoms with Gasteiger partial charge in [-0.15, -0.1) is 0 Å². The zero-order valence-corrected chi connectivity index (χ0v) is 8.04. The van der Waals surface area contributed by atoms with E-state index in [0.29, 0.717) is 13.2 Å². The molecule has 1 atom stereocenters. The summed E-state index contributed by atoms with van der Waals surface area (Å²) in [6.07, 6.45) is 1.83. The highest BCUT2D eigenvalue weighted by molar-refractivity contribution is 4.45. The van der Waals surface area contributed by atoms with Crippen LogP contribution in [0.3, 0.4) is 0 Å². The molecule has 0 aliphatic rings. The summed E-state index contributed by atoms with van der Waals surface area (Å²) in [7, 11) is 1.64. The smallest absolute Gasteiger partial charge is 0.157 e. The minimum Gasteiger partial charge on any atom is -0.382 e. The summed E-state index contributed by atoms with van der Waals surface area (Å²) in [6, 6.07) is 0. The molecule has 0 saturated carbocycles. The Bertz CT molecular complexity index is 75.8. The fourth-order valence-corrected chi connectivity index (χ4v) is 0.670. The summed E-state index contributed by atoms with van der Waals surface area (Å²) in [4.78, 5) is 0. The first kappa shape index (κ1) is 11.9. The predicted molar refractivity (Wildman–Crippen MR) is 47.8 cm³/mol. The van der Waals surface area contributed by atoms with Crippen LogP contribution in [0.1, 0.15) is 19.8 Å². The van der Waals surface area contributed by atoms with Gasteiger partial charge >= 0.3 is 0 Å².